The minimum absolute atomic E-state index is 0.0465. The van der Waals surface area contributed by atoms with E-state index in [-0.39, 0.29) is 5.91 Å². The van der Waals surface area contributed by atoms with Gasteiger partial charge in [-0.25, -0.2) is 0 Å². The van der Waals surface area contributed by atoms with Gasteiger partial charge in [0.15, 0.2) is 0 Å². The van der Waals surface area contributed by atoms with Crippen molar-refractivity contribution in [1.82, 2.24) is 10.3 Å². The molecular formula is C17H20N2O. The number of carbonyl (C=O) groups is 1. The summed E-state index contributed by atoms with van der Waals surface area (Å²) in [6.07, 6.45) is 4.11. The zero-order valence-electron chi connectivity index (χ0n) is 12.2. The SMILES string of the molecule is Cc1cc(C)c(CCNC(=O)c2ccncc2)c(C)c1. The van der Waals surface area contributed by atoms with Crippen LogP contribution < -0.4 is 5.32 Å². The highest BCUT2D eigenvalue weighted by Crippen LogP contribution is 2.16. The van der Waals surface area contributed by atoms with Crippen molar-refractivity contribution in [2.24, 2.45) is 0 Å². The summed E-state index contributed by atoms with van der Waals surface area (Å²) in [4.78, 5) is 15.8. The number of hydrogen-bond donors (Lipinski definition) is 1. The lowest BCUT2D eigenvalue weighted by Gasteiger charge is -2.12. The molecule has 1 aromatic heterocycles. The molecule has 1 amide bonds. The predicted molar refractivity (Wildman–Crippen MR) is 80.9 cm³/mol. The molecule has 2 aromatic rings. The second-order valence-corrected chi connectivity index (χ2v) is 5.12. The van der Waals surface area contributed by atoms with Crippen LogP contribution in [0, 0.1) is 20.8 Å². The fraction of sp³-hybridized carbons (Fsp3) is 0.294. The first-order chi connectivity index (χ1) is 9.58. The molecule has 0 aliphatic rings. The van der Waals surface area contributed by atoms with E-state index in [1.54, 1.807) is 24.5 Å². The fourth-order valence-corrected chi connectivity index (χ4v) is 2.51. The number of nitrogens with zero attached hydrogens (tertiary/aromatic N) is 1. The molecule has 0 saturated heterocycles. The average molecular weight is 268 g/mol. The smallest absolute Gasteiger partial charge is 0.251 e. The van der Waals surface area contributed by atoms with Gasteiger partial charge in [0.05, 0.1) is 0 Å². The zero-order chi connectivity index (χ0) is 14.5. The van der Waals surface area contributed by atoms with Crippen LogP contribution in [0.1, 0.15) is 32.6 Å². The van der Waals surface area contributed by atoms with Gasteiger partial charge in [0, 0.05) is 24.5 Å². The molecule has 1 heterocycles. The third-order valence-corrected chi connectivity index (χ3v) is 3.44. The number of amides is 1. The second-order valence-electron chi connectivity index (χ2n) is 5.12. The van der Waals surface area contributed by atoms with Crippen LogP contribution in [-0.2, 0) is 6.42 Å². The molecule has 0 atom stereocenters. The third-order valence-electron chi connectivity index (χ3n) is 3.44. The third kappa shape index (κ3) is 3.44. The van der Waals surface area contributed by atoms with Gasteiger partial charge in [-0.05, 0) is 56.0 Å². The Morgan fingerprint density at radius 2 is 1.70 bits per heavy atom. The van der Waals surface area contributed by atoms with Gasteiger partial charge in [0.2, 0.25) is 0 Å². The van der Waals surface area contributed by atoms with E-state index in [9.17, 15) is 4.79 Å². The normalized spacial score (nSPS) is 10.3. The fourth-order valence-electron chi connectivity index (χ4n) is 2.51. The number of benzene rings is 1. The second kappa shape index (κ2) is 6.33. The summed E-state index contributed by atoms with van der Waals surface area (Å²) < 4.78 is 0. The number of hydrogen-bond acceptors (Lipinski definition) is 2. The standard InChI is InChI=1S/C17H20N2O/c1-12-10-13(2)16(14(3)11-12)6-9-19-17(20)15-4-7-18-8-5-15/h4-5,7-8,10-11H,6,9H2,1-3H3,(H,19,20). The molecule has 2 rings (SSSR count). The van der Waals surface area contributed by atoms with Crippen LogP contribution in [-0.4, -0.2) is 17.4 Å². The van der Waals surface area contributed by atoms with Crippen molar-refractivity contribution < 1.29 is 4.79 Å². The first-order valence-electron chi connectivity index (χ1n) is 6.83. The van der Waals surface area contributed by atoms with Crippen molar-refractivity contribution in [1.29, 1.82) is 0 Å². The minimum Gasteiger partial charge on any atom is -0.352 e. The van der Waals surface area contributed by atoms with E-state index in [1.807, 2.05) is 0 Å². The summed E-state index contributed by atoms with van der Waals surface area (Å²) in [7, 11) is 0. The minimum atomic E-state index is -0.0465. The zero-order valence-corrected chi connectivity index (χ0v) is 12.2. The maximum atomic E-state index is 11.9. The Kier molecular flexibility index (Phi) is 4.51. The Balaban J connectivity index is 1.95. The van der Waals surface area contributed by atoms with Crippen LogP contribution in [0.4, 0.5) is 0 Å². The van der Waals surface area contributed by atoms with Gasteiger partial charge < -0.3 is 5.32 Å². The van der Waals surface area contributed by atoms with Gasteiger partial charge in [-0.15, -0.1) is 0 Å². The summed E-state index contributed by atoms with van der Waals surface area (Å²) >= 11 is 0. The van der Waals surface area contributed by atoms with Gasteiger partial charge >= 0.3 is 0 Å². The van der Waals surface area contributed by atoms with E-state index in [0.29, 0.717) is 12.1 Å². The molecule has 0 aliphatic carbocycles. The Labute approximate surface area is 120 Å². The molecule has 0 saturated carbocycles. The van der Waals surface area contributed by atoms with E-state index in [4.69, 9.17) is 0 Å². The number of nitrogens with one attached hydrogen (secondary N) is 1. The van der Waals surface area contributed by atoms with Crippen LogP contribution in [0.15, 0.2) is 36.7 Å². The van der Waals surface area contributed by atoms with Crippen molar-refractivity contribution >= 4 is 5.91 Å². The number of carbonyl (C=O) groups excluding carboxylic acids is 1. The molecule has 1 aromatic carbocycles. The Bertz CT molecular complexity index is 583. The number of aromatic nitrogens is 1. The molecule has 3 nitrogen and oxygen atoms in total. The lowest BCUT2D eigenvalue weighted by Crippen LogP contribution is -2.26. The average Bonchev–Trinajstić information content (AvgIpc) is 2.42. The van der Waals surface area contributed by atoms with Gasteiger partial charge in [0.25, 0.3) is 5.91 Å². The molecule has 0 radical (unpaired) electrons. The quantitative estimate of drug-likeness (QED) is 0.926. The first-order valence-corrected chi connectivity index (χ1v) is 6.83. The Hall–Kier alpha value is -2.16. The molecule has 0 unspecified atom stereocenters. The number of aryl methyl sites for hydroxylation is 3. The molecule has 0 aliphatic heterocycles. The highest BCUT2D eigenvalue weighted by atomic mass is 16.1. The summed E-state index contributed by atoms with van der Waals surface area (Å²) in [6, 6.07) is 7.81. The summed E-state index contributed by atoms with van der Waals surface area (Å²) in [5, 5.41) is 2.95. The summed E-state index contributed by atoms with van der Waals surface area (Å²) in [5.41, 5.74) is 5.84. The van der Waals surface area contributed by atoms with Crippen LogP contribution in [0.25, 0.3) is 0 Å². The highest BCUT2D eigenvalue weighted by molar-refractivity contribution is 5.93. The molecular weight excluding hydrogens is 248 g/mol. The molecule has 104 valence electrons. The Morgan fingerprint density at radius 1 is 1.10 bits per heavy atom. The topological polar surface area (TPSA) is 42.0 Å². The van der Waals surface area contributed by atoms with Crippen molar-refractivity contribution in [3.63, 3.8) is 0 Å². The van der Waals surface area contributed by atoms with E-state index >= 15 is 0 Å². The van der Waals surface area contributed by atoms with Gasteiger partial charge in [-0.1, -0.05) is 17.7 Å². The van der Waals surface area contributed by atoms with E-state index in [1.165, 1.54) is 22.3 Å². The van der Waals surface area contributed by atoms with E-state index < -0.39 is 0 Å². The van der Waals surface area contributed by atoms with E-state index in [0.717, 1.165) is 6.42 Å². The van der Waals surface area contributed by atoms with Crippen LogP contribution in [0.3, 0.4) is 0 Å². The predicted octanol–water partition coefficient (Wildman–Crippen LogP) is 2.98. The molecule has 3 heteroatoms. The van der Waals surface area contributed by atoms with Crippen molar-refractivity contribution in [3.05, 3.63) is 64.5 Å². The summed E-state index contributed by atoms with van der Waals surface area (Å²) in [5.74, 6) is -0.0465. The van der Waals surface area contributed by atoms with Gasteiger partial charge in [0.1, 0.15) is 0 Å². The first kappa shape index (κ1) is 14.3. The van der Waals surface area contributed by atoms with Gasteiger partial charge in [-0.3, -0.25) is 9.78 Å². The van der Waals surface area contributed by atoms with Crippen molar-refractivity contribution in [2.75, 3.05) is 6.54 Å². The lowest BCUT2D eigenvalue weighted by atomic mass is 9.97. The monoisotopic (exact) mass is 268 g/mol. The van der Waals surface area contributed by atoms with E-state index in [2.05, 4.69) is 43.2 Å². The van der Waals surface area contributed by atoms with Crippen molar-refractivity contribution in [3.8, 4) is 0 Å². The van der Waals surface area contributed by atoms with Gasteiger partial charge in [-0.2, -0.15) is 0 Å². The number of pyridine rings is 1. The van der Waals surface area contributed by atoms with Crippen LogP contribution >= 0.6 is 0 Å². The summed E-state index contributed by atoms with van der Waals surface area (Å²) in [6.45, 7) is 7.00. The molecule has 0 bridgehead atoms. The Morgan fingerprint density at radius 3 is 2.30 bits per heavy atom. The van der Waals surface area contributed by atoms with Crippen LogP contribution in [0.2, 0.25) is 0 Å². The molecule has 1 N–H and O–H groups in total. The molecule has 20 heavy (non-hydrogen) atoms. The maximum absolute atomic E-state index is 11.9. The maximum Gasteiger partial charge on any atom is 0.251 e. The largest absolute Gasteiger partial charge is 0.352 e. The van der Waals surface area contributed by atoms with Crippen LogP contribution in [0.5, 0.6) is 0 Å². The lowest BCUT2D eigenvalue weighted by molar-refractivity contribution is 0.0954. The highest BCUT2D eigenvalue weighted by Gasteiger charge is 2.06. The molecule has 0 spiro atoms. The van der Waals surface area contributed by atoms with Crippen molar-refractivity contribution in [2.45, 2.75) is 27.2 Å². The molecule has 0 fully saturated rings. The number of rotatable bonds is 4.